The van der Waals surface area contributed by atoms with Gasteiger partial charge >= 0.3 is 0 Å². The second-order valence-corrected chi connectivity index (χ2v) is 14.8. The van der Waals surface area contributed by atoms with Crippen molar-refractivity contribution < 1.29 is 4.42 Å². The Balaban J connectivity index is 1.15. The molecule has 4 heteroatoms. The average Bonchev–Trinajstić information content (AvgIpc) is 3.71. The molecule has 0 bridgehead atoms. The van der Waals surface area contributed by atoms with Crippen molar-refractivity contribution >= 4 is 43.5 Å². The lowest BCUT2D eigenvalue weighted by Crippen LogP contribution is -2.14. The van der Waals surface area contributed by atoms with Gasteiger partial charge in [-0.3, -0.25) is 0 Å². The summed E-state index contributed by atoms with van der Waals surface area (Å²) in [5.74, 6) is 1.90. The SMILES string of the molecule is CC1(C)c2ccccc2-c2cc(-c3nc(-c4ccc5ccccc5c4)nc(-c4cc5c6ccc(-c7ccccc7)cc6oc5c5ccccc45)n3)ccc21. The number of hydrogen-bond donors (Lipinski definition) is 0. The molecule has 254 valence electrons. The van der Waals surface area contributed by atoms with Gasteiger partial charge in [0.15, 0.2) is 17.5 Å². The molecular weight excluding hydrogens is 659 g/mol. The second-order valence-electron chi connectivity index (χ2n) is 14.8. The van der Waals surface area contributed by atoms with Crippen LogP contribution in [0.15, 0.2) is 168 Å². The van der Waals surface area contributed by atoms with E-state index in [1.807, 2.05) is 6.07 Å². The summed E-state index contributed by atoms with van der Waals surface area (Å²) >= 11 is 0. The van der Waals surface area contributed by atoms with Gasteiger partial charge in [-0.05, 0) is 79.9 Å². The maximum atomic E-state index is 6.68. The molecule has 2 heterocycles. The topological polar surface area (TPSA) is 51.8 Å². The second kappa shape index (κ2) is 11.5. The highest BCUT2D eigenvalue weighted by Crippen LogP contribution is 2.49. The summed E-state index contributed by atoms with van der Waals surface area (Å²) in [7, 11) is 0. The molecule has 0 atom stereocenters. The van der Waals surface area contributed by atoms with E-state index in [2.05, 4.69) is 172 Å². The number of hydrogen-bond acceptors (Lipinski definition) is 4. The molecule has 54 heavy (non-hydrogen) atoms. The van der Waals surface area contributed by atoms with Crippen LogP contribution >= 0.6 is 0 Å². The predicted molar refractivity (Wildman–Crippen MR) is 221 cm³/mol. The van der Waals surface area contributed by atoms with Crippen LogP contribution in [0, 0.1) is 0 Å². The molecule has 0 amide bonds. The fourth-order valence-corrected chi connectivity index (χ4v) is 8.54. The fourth-order valence-electron chi connectivity index (χ4n) is 8.54. The van der Waals surface area contributed by atoms with E-state index in [0.717, 1.165) is 65.9 Å². The summed E-state index contributed by atoms with van der Waals surface area (Å²) < 4.78 is 6.68. The first-order chi connectivity index (χ1) is 26.5. The Kier molecular flexibility index (Phi) is 6.56. The summed E-state index contributed by atoms with van der Waals surface area (Å²) in [5, 5.41) is 6.45. The fraction of sp³-hybridized carbons (Fsp3) is 0.0600. The van der Waals surface area contributed by atoms with Crippen LogP contribution in [-0.2, 0) is 5.41 Å². The zero-order chi connectivity index (χ0) is 36.0. The lowest BCUT2D eigenvalue weighted by atomic mass is 9.82. The van der Waals surface area contributed by atoms with E-state index in [1.54, 1.807) is 0 Å². The minimum atomic E-state index is -0.0888. The van der Waals surface area contributed by atoms with Gasteiger partial charge in [-0.2, -0.15) is 0 Å². The minimum Gasteiger partial charge on any atom is -0.455 e. The lowest BCUT2D eigenvalue weighted by Gasteiger charge is -2.21. The first kappa shape index (κ1) is 30.7. The van der Waals surface area contributed by atoms with E-state index in [9.17, 15) is 0 Å². The molecule has 0 fully saturated rings. The van der Waals surface area contributed by atoms with Crippen LogP contribution in [-0.4, -0.2) is 15.0 Å². The van der Waals surface area contributed by atoms with E-state index in [1.165, 1.54) is 27.6 Å². The molecule has 4 nitrogen and oxygen atoms in total. The minimum absolute atomic E-state index is 0.0888. The van der Waals surface area contributed by atoms with E-state index >= 15 is 0 Å². The maximum absolute atomic E-state index is 6.68. The van der Waals surface area contributed by atoms with Crippen molar-refractivity contribution in [2.45, 2.75) is 19.3 Å². The van der Waals surface area contributed by atoms with Crippen molar-refractivity contribution in [2.24, 2.45) is 0 Å². The van der Waals surface area contributed by atoms with Gasteiger partial charge in [-0.1, -0.05) is 147 Å². The molecule has 1 aliphatic carbocycles. The van der Waals surface area contributed by atoms with Gasteiger partial charge < -0.3 is 4.42 Å². The number of rotatable bonds is 4. The number of nitrogens with zero attached hydrogens (tertiary/aromatic N) is 3. The average molecular weight is 692 g/mol. The molecule has 0 N–H and O–H groups in total. The van der Waals surface area contributed by atoms with Crippen molar-refractivity contribution in [2.75, 3.05) is 0 Å². The van der Waals surface area contributed by atoms with Gasteiger partial charge in [0.05, 0.1) is 0 Å². The van der Waals surface area contributed by atoms with Gasteiger partial charge in [0.2, 0.25) is 0 Å². The molecule has 11 rings (SSSR count). The summed E-state index contributed by atoms with van der Waals surface area (Å²) in [6.45, 7) is 4.61. The summed E-state index contributed by atoms with van der Waals surface area (Å²) in [5.41, 5.74) is 11.9. The Hall–Kier alpha value is -6.91. The smallest absolute Gasteiger partial charge is 0.164 e. The largest absolute Gasteiger partial charge is 0.455 e. The predicted octanol–water partition coefficient (Wildman–Crippen LogP) is 13.1. The van der Waals surface area contributed by atoms with E-state index < -0.39 is 0 Å². The number of fused-ring (bicyclic) bond motifs is 9. The van der Waals surface area contributed by atoms with Crippen LogP contribution < -0.4 is 0 Å². The Bertz CT molecular complexity index is 3140. The van der Waals surface area contributed by atoms with E-state index in [0.29, 0.717) is 17.5 Å². The third-order valence-electron chi connectivity index (χ3n) is 11.3. The van der Waals surface area contributed by atoms with Crippen LogP contribution in [0.4, 0.5) is 0 Å². The van der Waals surface area contributed by atoms with E-state index in [4.69, 9.17) is 19.4 Å². The van der Waals surface area contributed by atoms with Crippen LogP contribution in [0.3, 0.4) is 0 Å². The number of furan rings is 1. The zero-order valence-corrected chi connectivity index (χ0v) is 29.8. The molecule has 0 saturated heterocycles. The normalized spacial score (nSPS) is 13.1. The Morgan fingerprint density at radius 1 is 0.389 bits per heavy atom. The quantitative estimate of drug-likeness (QED) is 0.184. The molecule has 0 radical (unpaired) electrons. The molecule has 0 aliphatic heterocycles. The lowest BCUT2D eigenvalue weighted by molar-refractivity contribution is 0.660. The standard InChI is InChI=1S/C50H33N3O/c1-50(2)43-19-11-10-17-37(43)40-27-35(23-25-44(40)50)48-51-47(34-21-20-31-14-6-7-15-32(31)26-34)52-49(53-48)42-29-41-38-24-22-33(30-12-4-3-5-13-30)28-45(38)54-46(41)39-18-9-8-16-36(39)42/h3-29H,1-2H3. The first-order valence-electron chi connectivity index (χ1n) is 18.4. The molecule has 0 unspecified atom stereocenters. The summed E-state index contributed by atoms with van der Waals surface area (Å²) in [4.78, 5) is 15.8. The molecule has 0 spiro atoms. The van der Waals surface area contributed by atoms with Crippen molar-refractivity contribution in [3.05, 3.63) is 175 Å². The Morgan fingerprint density at radius 3 is 1.89 bits per heavy atom. The third kappa shape index (κ3) is 4.66. The van der Waals surface area contributed by atoms with Gasteiger partial charge in [-0.25, -0.2) is 15.0 Å². The van der Waals surface area contributed by atoms with Crippen LogP contribution in [0.2, 0.25) is 0 Å². The zero-order valence-electron chi connectivity index (χ0n) is 29.8. The maximum Gasteiger partial charge on any atom is 0.164 e. The molecule has 0 saturated carbocycles. The summed E-state index contributed by atoms with van der Waals surface area (Å²) in [6.07, 6.45) is 0. The first-order valence-corrected chi connectivity index (χ1v) is 18.4. The molecular formula is C50H33N3O. The molecule has 2 aromatic heterocycles. The highest BCUT2D eigenvalue weighted by Gasteiger charge is 2.35. The van der Waals surface area contributed by atoms with Gasteiger partial charge in [-0.15, -0.1) is 0 Å². The van der Waals surface area contributed by atoms with Crippen LogP contribution in [0.1, 0.15) is 25.0 Å². The number of aromatic nitrogens is 3. The van der Waals surface area contributed by atoms with Crippen molar-refractivity contribution in [3.63, 3.8) is 0 Å². The van der Waals surface area contributed by atoms with Crippen molar-refractivity contribution in [1.29, 1.82) is 0 Å². The highest BCUT2D eigenvalue weighted by atomic mass is 16.3. The van der Waals surface area contributed by atoms with Crippen LogP contribution in [0.25, 0.3) is 99.9 Å². The van der Waals surface area contributed by atoms with Crippen molar-refractivity contribution in [1.82, 2.24) is 15.0 Å². The Labute approximate surface area is 312 Å². The highest BCUT2D eigenvalue weighted by molar-refractivity contribution is 6.19. The van der Waals surface area contributed by atoms with Crippen molar-refractivity contribution in [3.8, 4) is 56.4 Å². The van der Waals surface area contributed by atoms with E-state index in [-0.39, 0.29) is 5.41 Å². The van der Waals surface area contributed by atoms with Gasteiger partial charge in [0.1, 0.15) is 11.2 Å². The monoisotopic (exact) mass is 691 g/mol. The summed E-state index contributed by atoms with van der Waals surface area (Å²) in [6, 6.07) is 57.8. The molecule has 1 aliphatic rings. The van der Waals surface area contributed by atoms with Crippen LogP contribution in [0.5, 0.6) is 0 Å². The molecule has 10 aromatic rings. The number of benzene rings is 8. The Morgan fingerprint density at radius 2 is 1.04 bits per heavy atom. The third-order valence-corrected chi connectivity index (χ3v) is 11.3. The molecule has 8 aromatic carbocycles. The van der Waals surface area contributed by atoms with Gasteiger partial charge in [0.25, 0.3) is 0 Å². The van der Waals surface area contributed by atoms with Gasteiger partial charge in [0, 0.05) is 38.3 Å².